The second-order valence-electron chi connectivity index (χ2n) is 1.80. The van der Waals surface area contributed by atoms with Gasteiger partial charge in [-0.05, 0) is 12.0 Å². The van der Waals surface area contributed by atoms with Gasteiger partial charge in [0.15, 0.2) is 11.7 Å². The van der Waals surface area contributed by atoms with Crippen molar-refractivity contribution in [1.29, 1.82) is 0 Å². The van der Waals surface area contributed by atoms with Gasteiger partial charge in [0.05, 0.1) is 0 Å². The van der Waals surface area contributed by atoms with Crippen molar-refractivity contribution < 1.29 is 8.78 Å². The standard InChI is InChI=1S/C8H10F2/c1-4-7(5-2)8(10)6(3)9/h4H,1,3,5H2,2H3/b8-7-. The van der Waals surface area contributed by atoms with Crippen molar-refractivity contribution >= 4 is 0 Å². The van der Waals surface area contributed by atoms with Gasteiger partial charge in [-0.3, -0.25) is 0 Å². The summed E-state index contributed by atoms with van der Waals surface area (Å²) in [6, 6.07) is 0. The molecule has 0 aliphatic rings. The van der Waals surface area contributed by atoms with Gasteiger partial charge in [-0.1, -0.05) is 26.2 Å². The quantitative estimate of drug-likeness (QED) is 0.533. The Morgan fingerprint density at radius 3 is 2.10 bits per heavy atom. The topological polar surface area (TPSA) is 0 Å². The maximum atomic E-state index is 12.5. The predicted octanol–water partition coefficient (Wildman–Crippen LogP) is 3.29. The molecular formula is C8H10F2. The highest BCUT2D eigenvalue weighted by Crippen LogP contribution is 2.18. The molecule has 0 saturated heterocycles. The fourth-order valence-electron chi connectivity index (χ4n) is 0.563. The van der Waals surface area contributed by atoms with Gasteiger partial charge in [-0.25, -0.2) is 8.78 Å². The molecule has 0 unspecified atom stereocenters. The highest BCUT2D eigenvalue weighted by molar-refractivity contribution is 5.29. The average Bonchev–Trinajstić information content (AvgIpc) is 1.90. The lowest BCUT2D eigenvalue weighted by molar-refractivity contribution is 0.540. The minimum Gasteiger partial charge on any atom is -0.204 e. The summed E-state index contributed by atoms with van der Waals surface area (Å²) in [5.74, 6) is -1.92. The van der Waals surface area contributed by atoms with E-state index in [2.05, 4.69) is 13.2 Å². The molecule has 0 N–H and O–H groups in total. The number of hydrogen-bond donors (Lipinski definition) is 0. The molecule has 0 aromatic rings. The SMILES string of the molecule is C=C/C(CC)=C(/F)C(=C)F. The van der Waals surface area contributed by atoms with Crippen LogP contribution in [0, 0.1) is 0 Å². The maximum absolute atomic E-state index is 12.5. The normalized spacial score (nSPS) is 12.3. The first-order valence-electron chi connectivity index (χ1n) is 2.99. The average molecular weight is 144 g/mol. The van der Waals surface area contributed by atoms with E-state index in [1.54, 1.807) is 6.92 Å². The Kier molecular flexibility index (Phi) is 3.62. The van der Waals surface area contributed by atoms with Gasteiger partial charge in [-0.2, -0.15) is 0 Å². The molecule has 0 atom stereocenters. The van der Waals surface area contributed by atoms with E-state index in [1.165, 1.54) is 6.08 Å². The van der Waals surface area contributed by atoms with E-state index in [0.29, 0.717) is 6.42 Å². The Morgan fingerprint density at radius 1 is 1.50 bits per heavy atom. The Balaban J connectivity index is 4.59. The summed E-state index contributed by atoms with van der Waals surface area (Å²) in [5, 5.41) is 0. The van der Waals surface area contributed by atoms with Gasteiger partial charge < -0.3 is 0 Å². The van der Waals surface area contributed by atoms with Crippen LogP contribution in [0.3, 0.4) is 0 Å². The second kappa shape index (κ2) is 3.99. The zero-order valence-electron chi connectivity index (χ0n) is 5.95. The van der Waals surface area contributed by atoms with Crippen LogP contribution in [0.15, 0.2) is 36.5 Å². The lowest BCUT2D eigenvalue weighted by Crippen LogP contribution is -1.81. The number of allylic oxidation sites excluding steroid dienone is 4. The summed E-state index contributed by atoms with van der Waals surface area (Å²) in [6.07, 6.45) is 1.72. The van der Waals surface area contributed by atoms with Gasteiger partial charge >= 0.3 is 0 Å². The third-order valence-corrected chi connectivity index (χ3v) is 1.15. The summed E-state index contributed by atoms with van der Waals surface area (Å²) in [5.41, 5.74) is 0.257. The molecule has 0 aromatic carbocycles. The van der Waals surface area contributed by atoms with E-state index in [4.69, 9.17) is 0 Å². The van der Waals surface area contributed by atoms with Crippen molar-refractivity contribution in [2.24, 2.45) is 0 Å². The number of halogens is 2. The monoisotopic (exact) mass is 144 g/mol. The minimum atomic E-state index is -1.03. The number of rotatable bonds is 3. The summed E-state index contributed by atoms with van der Waals surface area (Å²) in [4.78, 5) is 0. The van der Waals surface area contributed by atoms with Crippen molar-refractivity contribution in [2.45, 2.75) is 13.3 Å². The van der Waals surface area contributed by atoms with Gasteiger partial charge in [0.25, 0.3) is 0 Å². The van der Waals surface area contributed by atoms with E-state index in [0.717, 1.165) is 0 Å². The molecule has 0 aliphatic heterocycles. The van der Waals surface area contributed by atoms with Crippen LogP contribution in [0.25, 0.3) is 0 Å². The van der Waals surface area contributed by atoms with E-state index in [9.17, 15) is 8.78 Å². The summed E-state index contributed by atoms with van der Waals surface area (Å²) in [6.45, 7) is 7.88. The molecule has 0 fully saturated rings. The van der Waals surface area contributed by atoms with Crippen LogP contribution in [-0.4, -0.2) is 0 Å². The fourth-order valence-corrected chi connectivity index (χ4v) is 0.563. The summed E-state index contributed by atoms with van der Waals surface area (Å²) < 4.78 is 24.6. The van der Waals surface area contributed by atoms with Crippen LogP contribution in [0.1, 0.15) is 13.3 Å². The van der Waals surface area contributed by atoms with Gasteiger partial charge in [0.1, 0.15) is 0 Å². The highest BCUT2D eigenvalue weighted by atomic mass is 19.2. The predicted molar refractivity (Wildman–Crippen MR) is 38.9 cm³/mol. The van der Waals surface area contributed by atoms with Crippen LogP contribution in [0.5, 0.6) is 0 Å². The van der Waals surface area contributed by atoms with Crippen molar-refractivity contribution in [3.05, 3.63) is 36.5 Å². The lowest BCUT2D eigenvalue weighted by atomic mass is 10.2. The summed E-state index contributed by atoms with van der Waals surface area (Å²) in [7, 11) is 0. The zero-order valence-corrected chi connectivity index (χ0v) is 5.95. The molecule has 0 aromatic heterocycles. The smallest absolute Gasteiger partial charge is 0.161 e. The first-order chi connectivity index (χ1) is 4.63. The fraction of sp³-hybridized carbons (Fsp3) is 0.250. The first-order valence-corrected chi connectivity index (χ1v) is 2.99. The molecule has 0 radical (unpaired) electrons. The van der Waals surface area contributed by atoms with Crippen molar-refractivity contribution in [3.8, 4) is 0 Å². The van der Waals surface area contributed by atoms with Gasteiger partial charge in [0, 0.05) is 0 Å². The molecule has 10 heavy (non-hydrogen) atoms. The molecule has 0 spiro atoms. The van der Waals surface area contributed by atoms with Gasteiger partial charge in [-0.15, -0.1) is 0 Å². The van der Waals surface area contributed by atoms with E-state index >= 15 is 0 Å². The Labute approximate surface area is 59.6 Å². The van der Waals surface area contributed by atoms with Crippen LogP contribution >= 0.6 is 0 Å². The molecule has 0 heterocycles. The van der Waals surface area contributed by atoms with Crippen LogP contribution in [-0.2, 0) is 0 Å². The van der Waals surface area contributed by atoms with E-state index in [1.807, 2.05) is 0 Å². The van der Waals surface area contributed by atoms with Crippen molar-refractivity contribution in [3.63, 3.8) is 0 Å². The molecule has 56 valence electrons. The molecule has 0 amide bonds. The molecule has 0 aliphatic carbocycles. The number of hydrogen-bond acceptors (Lipinski definition) is 0. The largest absolute Gasteiger partial charge is 0.204 e. The Morgan fingerprint density at radius 2 is 2.00 bits per heavy atom. The van der Waals surface area contributed by atoms with Crippen molar-refractivity contribution in [2.75, 3.05) is 0 Å². The molecule has 0 nitrogen and oxygen atoms in total. The summed E-state index contributed by atoms with van der Waals surface area (Å²) >= 11 is 0. The van der Waals surface area contributed by atoms with Gasteiger partial charge in [0.2, 0.25) is 0 Å². The van der Waals surface area contributed by atoms with Crippen LogP contribution in [0.4, 0.5) is 8.78 Å². The van der Waals surface area contributed by atoms with E-state index in [-0.39, 0.29) is 5.57 Å². The molecule has 0 bridgehead atoms. The maximum Gasteiger partial charge on any atom is 0.161 e. The van der Waals surface area contributed by atoms with Crippen LogP contribution in [0.2, 0.25) is 0 Å². The molecule has 0 saturated carbocycles. The van der Waals surface area contributed by atoms with E-state index < -0.39 is 11.7 Å². The Bertz CT molecular complexity index is 178. The second-order valence-corrected chi connectivity index (χ2v) is 1.80. The van der Waals surface area contributed by atoms with Crippen LogP contribution < -0.4 is 0 Å². The Hall–Kier alpha value is -0.920. The minimum absolute atomic E-state index is 0.257. The highest BCUT2D eigenvalue weighted by Gasteiger charge is 2.03. The first kappa shape index (κ1) is 9.08. The lowest BCUT2D eigenvalue weighted by Gasteiger charge is -1.97. The molecule has 0 rings (SSSR count). The van der Waals surface area contributed by atoms with Crippen molar-refractivity contribution in [1.82, 2.24) is 0 Å². The molecule has 2 heteroatoms. The third kappa shape index (κ3) is 2.13. The third-order valence-electron chi connectivity index (χ3n) is 1.15. The molecular weight excluding hydrogens is 134 g/mol. The zero-order chi connectivity index (χ0) is 8.15.